The largest absolute Gasteiger partial charge is 0.497 e. The molecule has 20 heavy (non-hydrogen) atoms. The summed E-state index contributed by atoms with van der Waals surface area (Å²) in [5.74, 6) is 0.412. The number of benzene rings is 1. The van der Waals surface area contributed by atoms with Crippen molar-refractivity contribution >= 4 is 5.97 Å². The minimum absolute atomic E-state index is 0.207. The molecule has 110 valence electrons. The Kier molecular flexibility index (Phi) is 7.48. The first-order chi connectivity index (χ1) is 9.71. The lowest BCUT2D eigenvalue weighted by Gasteiger charge is -2.14. The van der Waals surface area contributed by atoms with Gasteiger partial charge in [0.15, 0.2) is 0 Å². The van der Waals surface area contributed by atoms with E-state index in [2.05, 4.69) is 13.5 Å². The molecular weight excluding hydrogens is 252 g/mol. The summed E-state index contributed by atoms with van der Waals surface area (Å²) in [6.45, 7) is 5.91. The molecular formula is C17H24O3. The Morgan fingerprint density at radius 1 is 1.25 bits per heavy atom. The fourth-order valence-electron chi connectivity index (χ4n) is 1.93. The lowest BCUT2D eigenvalue weighted by atomic mass is 10.1. The van der Waals surface area contributed by atoms with E-state index in [4.69, 9.17) is 9.47 Å². The molecule has 0 radical (unpaired) electrons. The van der Waals surface area contributed by atoms with Crippen LogP contribution in [-0.4, -0.2) is 19.2 Å². The Bertz CT molecular complexity index is 409. The minimum Gasteiger partial charge on any atom is -0.497 e. The van der Waals surface area contributed by atoms with E-state index in [1.807, 2.05) is 0 Å². The van der Waals surface area contributed by atoms with Crippen molar-refractivity contribution in [2.75, 3.05) is 7.11 Å². The molecule has 0 unspecified atom stereocenters. The lowest BCUT2D eigenvalue weighted by Crippen LogP contribution is -2.16. The van der Waals surface area contributed by atoms with Gasteiger partial charge in [-0.2, -0.15) is 0 Å². The number of rotatable bonds is 9. The number of esters is 1. The number of unbranched alkanes of at least 4 members (excludes halogenated alkanes) is 3. The highest BCUT2D eigenvalue weighted by atomic mass is 16.5. The van der Waals surface area contributed by atoms with Crippen molar-refractivity contribution in [2.45, 2.75) is 45.1 Å². The predicted octanol–water partition coefficient (Wildman–Crippen LogP) is 4.38. The van der Waals surface area contributed by atoms with E-state index < -0.39 is 0 Å². The van der Waals surface area contributed by atoms with Crippen LogP contribution in [0.2, 0.25) is 0 Å². The van der Waals surface area contributed by atoms with Crippen molar-refractivity contribution in [2.24, 2.45) is 0 Å². The quantitative estimate of drug-likeness (QED) is 0.381. The molecule has 1 rings (SSSR count). The van der Waals surface area contributed by atoms with E-state index in [0.29, 0.717) is 5.56 Å². The van der Waals surface area contributed by atoms with E-state index >= 15 is 0 Å². The molecule has 3 nitrogen and oxygen atoms in total. The second kappa shape index (κ2) is 9.18. The van der Waals surface area contributed by atoms with Crippen LogP contribution in [-0.2, 0) is 4.74 Å². The smallest absolute Gasteiger partial charge is 0.338 e. The van der Waals surface area contributed by atoms with Crippen molar-refractivity contribution in [3.8, 4) is 5.75 Å². The Morgan fingerprint density at radius 2 is 1.95 bits per heavy atom. The number of methoxy groups -OCH3 is 1. The zero-order valence-electron chi connectivity index (χ0n) is 12.4. The maximum atomic E-state index is 12.0. The van der Waals surface area contributed by atoms with Crippen LogP contribution in [0.15, 0.2) is 36.9 Å². The minimum atomic E-state index is -0.312. The fraction of sp³-hybridized carbons (Fsp3) is 0.471. The van der Waals surface area contributed by atoms with Crippen LogP contribution in [0.5, 0.6) is 5.75 Å². The van der Waals surface area contributed by atoms with Gasteiger partial charge in [0.2, 0.25) is 0 Å². The van der Waals surface area contributed by atoms with Gasteiger partial charge in [-0.3, -0.25) is 0 Å². The molecule has 1 aromatic carbocycles. The molecule has 0 aliphatic carbocycles. The first-order valence-electron chi connectivity index (χ1n) is 7.18. The van der Waals surface area contributed by atoms with Crippen LogP contribution >= 0.6 is 0 Å². The van der Waals surface area contributed by atoms with Crippen molar-refractivity contribution < 1.29 is 14.3 Å². The van der Waals surface area contributed by atoms with Gasteiger partial charge in [-0.25, -0.2) is 4.79 Å². The maximum absolute atomic E-state index is 12.0. The van der Waals surface area contributed by atoms with Gasteiger partial charge in [-0.1, -0.05) is 38.8 Å². The summed E-state index contributed by atoms with van der Waals surface area (Å²) < 4.78 is 10.5. The van der Waals surface area contributed by atoms with Crippen molar-refractivity contribution in [3.05, 3.63) is 42.5 Å². The van der Waals surface area contributed by atoms with Gasteiger partial charge in [-0.15, -0.1) is 0 Å². The van der Waals surface area contributed by atoms with Crippen LogP contribution in [0.4, 0.5) is 0 Å². The zero-order valence-corrected chi connectivity index (χ0v) is 12.4. The van der Waals surface area contributed by atoms with E-state index in [1.165, 1.54) is 19.3 Å². The van der Waals surface area contributed by atoms with E-state index in [-0.39, 0.29) is 12.1 Å². The molecule has 0 saturated heterocycles. The number of carbonyl (C=O) groups excluding carboxylic acids is 1. The SMILES string of the molecule is C=C[C@H](CCCCCC)OC(=O)c1ccc(OC)cc1. The zero-order chi connectivity index (χ0) is 14.8. The average molecular weight is 276 g/mol. The average Bonchev–Trinajstić information content (AvgIpc) is 2.50. The van der Waals surface area contributed by atoms with Crippen LogP contribution in [0.25, 0.3) is 0 Å². The molecule has 0 bridgehead atoms. The Labute approximate surface area is 121 Å². The van der Waals surface area contributed by atoms with Gasteiger partial charge in [0.25, 0.3) is 0 Å². The lowest BCUT2D eigenvalue weighted by molar-refractivity contribution is 0.0376. The maximum Gasteiger partial charge on any atom is 0.338 e. The van der Waals surface area contributed by atoms with E-state index in [0.717, 1.165) is 18.6 Å². The second-order valence-electron chi connectivity index (χ2n) is 4.76. The molecule has 0 spiro atoms. The molecule has 0 saturated carbocycles. The van der Waals surface area contributed by atoms with E-state index in [1.54, 1.807) is 37.5 Å². The summed E-state index contributed by atoms with van der Waals surface area (Å²) in [4.78, 5) is 12.0. The Balaban J connectivity index is 2.46. The molecule has 0 N–H and O–H groups in total. The van der Waals surface area contributed by atoms with Crippen LogP contribution in [0, 0.1) is 0 Å². The molecule has 0 amide bonds. The molecule has 0 aromatic heterocycles. The summed E-state index contributed by atoms with van der Waals surface area (Å²) in [6, 6.07) is 6.91. The summed E-state index contributed by atoms with van der Waals surface area (Å²) in [5, 5.41) is 0. The third kappa shape index (κ3) is 5.47. The summed E-state index contributed by atoms with van der Waals surface area (Å²) >= 11 is 0. The number of hydrogen-bond acceptors (Lipinski definition) is 3. The third-order valence-corrected chi connectivity index (χ3v) is 3.19. The van der Waals surface area contributed by atoms with Crippen molar-refractivity contribution in [1.82, 2.24) is 0 Å². The Hall–Kier alpha value is -1.77. The number of carbonyl (C=O) groups is 1. The molecule has 3 heteroatoms. The Morgan fingerprint density at radius 3 is 2.50 bits per heavy atom. The summed E-state index contributed by atoms with van der Waals surface area (Å²) in [5.41, 5.74) is 0.534. The van der Waals surface area contributed by atoms with Gasteiger partial charge in [0.05, 0.1) is 12.7 Å². The molecule has 1 atom stereocenters. The van der Waals surface area contributed by atoms with Gasteiger partial charge in [-0.05, 0) is 37.1 Å². The van der Waals surface area contributed by atoms with Crippen LogP contribution < -0.4 is 4.74 Å². The topological polar surface area (TPSA) is 35.5 Å². The second-order valence-corrected chi connectivity index (χ2v) is 4.76. The fourth-order valence-corrected chi connectivity index (χ4v) is 1.93. The van der Waals surface area contributed by atoms with Crippen molar-refractivity contribution in [3.63, 3.8) is 0 Å². The highest BCUT2D eigenvalue weighted by Gasteiger charge is 2.13. The molecule has 0 fully saturated rings. The van der Waals surface area contributed by atoms with Crippen molar-refractivity contribution in [1.29, 1.82) is 0 Å². The molecule has 0 aliphatic heterocycles. The summed E-state index contributed by atoms with van der Waals surface area (Å²) in [6.07, 6.45) is 6.97. The molecule has 0 aliphatic rings. The highest BCUT2D eigenvalue weighted by Crippen LogP contribution is 2.15. The van der Waals surface area contributed by atoms with E-state index in [9.17, 15) is 4.79 Å². The van der Waals surface area contributed by atoms with Crippen LogP contribution in [0.1, 0.15) is 49.4 Å². The van der Waals surface area contributed by atoms with Gasteiger partial charge < -0.3 is 9.47 Å². The molecule has 1 aromatic rings. The van der Waals surface area contributed by atoms with Gasteiger partial charge in [0.1, 0.15) is 11.9 Å². The number of ether oxygens (including phenoxy) is 2. The van der Waals surface area contributed by atoms with Gasteiger partial charge in [0, 0.05) is 0 Å². The first kappa shape index (κ1) is 16.3. The van der Waals surface area contributed by atoms with Gasteiger partial charge >= 0.3 is 5.97 Å². The third-order valence-electron chi connectivity index (χ3n) is 3.19. The highest BCUT2D eigenvalue weighted by molar-refractivity contribution is 5.89. The summed E-state index contributed by atoms with van der Waals surface area (Å²) in [7, 11) is 1.59. The first-order valence-corrected chi connectivity index (χ1v) is 7.18. The number of hydrogen-bond donors (Lipinski definition) is 0. The monoisotopic (exact) mass is 276 g/mol. The standard InChI is InChI=1S/C17H24O3/c1-4-6-7-8-9-15(5-2)20-17(18)14-10-12-16(19-3)13-11-14/h5,10-13,15H,2,4,6-9H2,1,3H3/t15-/m1/s1. The predicted molar refractivity (Wildman–Crippen MR) is 81.2 cm³/mol. The van der Waals surface area contributed by atoms with Crippen LogP contribution in [0.3, 0.4) is 0 Å². The molecule has 0 heterocycles. The normalized spacial score (nSPS) is 11.7.